The summed E-state index contributed by atoms with van der Waals surface area (Å²) >= 11 is 0. The topological polar surface area (TPSA) is 43.8 Å². The Bertz CT molecular complexity index is 692. The highest BCUT2D eigenvalue weighted by Gasteiger charge is 2.20. The molecule has 4 heteroatoms. The molecule has 0 bridgehead atoms. The van der Waals surface area contributed by atoms with Crippen LogP contribution in [0, 0.1) is 5.92 Å². The van der Waals surface area contributed by atoms with Gasteiger partial charge >= 0.3 is 5.97 Å². The predicted molar refractivity (Wildman–Crippen MR) is 104 cm³/mol. The first kappa shape index (κ1) is 18.6. The van der Waals surface area contributed by atoms with Gasteiger partial charge < -0.3 is 10.0 Å². The Kier molecular flexibility index (Phi) is 6.42. The van der Waals surface area contributed by atoms with Crippen molar-refractivity contribution in [2.45, 2.75) is 25.9 Å². The van der Waals surface area contributed by atoms with E-state index in [2.05, 4.69) is 47.2 Å². The van der Waals surface area contributed by atoms with E-state index in [0.717, 1.165) is 38.6 Å². The van der Waals surface area contributed by atoms with Crippen LogP contribution in [0.1, 0.15) is 34.3 Å². The van der Waals surface area contributed by atoms with Gasteiger partial charge in [-0.2, -0.15) is 0 Å². The molecule has 0 spiro atoms. The van der Waals surface area contributed by atoms with Crippen molar-refractivity contribution in [1.29, 1.82) is 0 Å². The van der Waals surface area contributed by atoms with Crippen molar-refractivity contribution in [2.75, 3.05) is 26.7 Å². The Hall–Kier alpha value is -2.17. The van der Waals surface area contributed by atoms with Gasteiger partial charge in [0, 0.05) is 19.6 Å². The summed E-state index contributed by atoms with van der Waals surface area (Å²) in [5, 5.41) is 8.98. The number of piperidine rings is 1. The third kappa shape index (κ3) is 5.41. The molecule has 2 aromatic carbocycles. The van der Waals surface area contributed by atoms with Crippen molar-refractivity contribution < 1.29 is 9.90 Å². The van der Waals surface area contributed by atoms with Crippen molar-refractivity contribution in [3.05, 3.63) is 71.3 Å². The molecule has 1 N–H and O–H groups in total. The lowest BCUT2D eigenvalue weighted by Gasteiger charge is -2.34. The van der Waals surface area contributed by atoms with E-state index in [1.807, 2.05) is 12.1 Å². The number of benzene rings is 2. The summed E-state index contributed by atoms with van der Waals surface area (Å²) in [6, 6.07) is 17.9. The van der Waals surface area contributed by atoms with E-state index in [0.29, 0.717) is 5.56 Å². The van der Waals surface area contributed by atoms with E-state index >= 15 is 0 Å². The zero-order chi connectivity index (χ0) is 18.4. The number of hydrogen-bond acceptors (Lipinski definition) is 3. The molecule has 1 fully saturated rings. The zero-order valence-electron chi connectivity index (χ0n) is 15.5. The lowest BCUT2D eigenvalue weighted by atomic mass is 9.95. The van der Waals surface area contributed by atoms with Crippen molar-refractivity contribution in [3.63, 3.8) is 0 Å². The molecule has 0 radical (unpaired) electrons. The first-order valence-electron chi connectivity index (χ1n) is 9.37. The normalized spacial score (nSPS) is 16.1. The van der Waals surface area contributed by atoms with Crippen LogP contribution >= 0.6 is 0 Å². The second kappa shape index (κ2) is 8.97. The average Bonchev–Trinajstić information content (AvgIpc) is 2.64. The smallest absolute Gasteiger partial charge is 0.335 e. The van der Waals surface area contributed by atoms with Crippen LogP contribution in [0.2, 0.25) is 0 Å². The standard InChI is InChI=1S/C22H28N2O2/c1-23(15-18-5-3-2-4-6-18)16-20-11-13-24(14-12-20)17-19-7-9-21(10-8-19)22(25)26/h2-10,20H,11-17H2,1H3,(H,25,26). The number of carboxylic acids is 1. The molecule has 0 unspecified atom stereocenters. The van der Waals surface area contributed by atoms with Crippen LogP contribution in [0.4, 0.5) is 0 Å². The number of carboxylic acid groups (broad SMARTS) is 1. The van der Waals surface area contributed by atoms with Gasteiger partial charge in [-0.1, -0.05) is 42.5 Å². The molecule has 4 nitrogen and oxygen atoms in total. The number of rotatable bonds is 7. The molecular formula is C22H28N2O2. The lowest BCUT2D eigenvalue weighted by Crippen LogP contribution is -2.37. The van der Waals surface area contributed by atoms with Crippen LogP contribution < -0.4 is 0 Å². The second-order valence-electron chi connectivity index (χ2n) is 7.40. The summed E-state index contributed by atoms with van der Waals surface area (Å²) in [6.45, 7) is 5.30. The molecule has 2 aromatic rings. The molecule has 0 atom stereocenters. The highest BCUT2D eigenvalue weighted by molar-refractivity contribution is 5.87. The summed E-state index contributed by atoms with van der Waals surface area (Å²) in [6.07, 6.45) is 2.46. The fourth-order valence-electron chi connectivity index (χ4n) is 3.74. The van der Waals surface area contributed by atoms with Gasteiger partial charge in [0.2, 0.25) is 0 Å². The highest BCUT2D eigenvalue weighted by Crippen LogP contribution is 2.20. The summed E-state index contributed by atoms with van der Waals surface area (Å²) in [7, 11) is 2.21. The highest BCUT2D eigenvalue weighted by atomic mass is 16.4. The van der Waals surface area contributed by atoms with Gasteiger partial charge in [-0.3, -0.25) is 4.90 Å². The molecule has 1 saturated heterocycles. The molecule has 3 rings (SSSR count). The molecule has 26 heavy (non-hydrogen) atoms. The Morgan fingerprint density at radius 1 is 1.04 bits per heavy atom. The van der Waals surface area contributed by atoms with Gasteiger partial charge in [-0.25, -0.2) is 4.79 Å². The fourth-order valence-corrected chi connectivity index (χ4v) is 3.74. The van der Waals surface area contributed by atoms with Crippen molar-refractivity contribution in [3.8, 4) is 0 Å². The summed E-state index contributed by atoms with van der Waals surface area (Å²) < 4.78 is 0. The van der Waals surface area contributed by atoms with E-state index in [1.54, 1.807) is 12.1 Å². The van der Waals surface area contributed by atoms with Crippen LogP contribution in [0.5, 0.6) is 0 Å². The molecule has 138 valence electrons. The predicted octanol–water partition coefficient (Wildman–Crippen LogP) is 3.73. The molecule has 0 saturated carbocycles. The minimum atomic E-state index is -0.864. The molecule has 1 aliphatic rings. The van der Waals surface area contributed by atoms with Crippen LogP contribution in [0.3, 0.4) is 0 Å². The van der Waals surface area contributed by atoms with Crippen molar-refractivity contribution >= 4 is 5.97 Å². The summed E-state index contributed by atoms with van der Waals surface area (Å²) in [4.78, 5) is 15.8. The maximum absolute atomic E-state index is 10.9. The molecule has 0 amide bonds. The number of aromatic carboxylic acids is 1. The Balaban J connectivity index is 1.41. The molecular weight excluding hydrogens is 324 g/mol. The summed E-state index contributed by atoms with van der Waals surface area (Å²) in [5.41, 5.74) is 2.92. The number of hydrogen-bond donors (Lipinski definition) is 1. The van der Waals surface area contributed by atoms with Crippen LogP contribution in [0.25, 0.3) is 0 Å². The van der Waals surface area contributed by atoms with E-state index in [4.69, 9.17) is 5.11 Å². The first-order valence-corrected chi connectivity index (χ1v) is 9.37. The number of nitrogens with zero attached hydrogens (tertiary/aromatic N) is 2. The fraction of sp³-hybridized carbons (Fsp3) is 0.409. The molecule has 1 aliphatic heterocycles. The zero-order valence-corrected chi connectivity index (χ0v) is 15.5. The first-order chi connectivity index (χ1) is 12.6. The van der Waals surface area contributed by atoms with E-state index in [1.165, 1.54) is 24.0 Å². The van der Waals surface area contributed by atoms with Gasteiger partial charge in [0.25, 0.3) is 0 Å². The van der Waals surface area contributed by atoms with Gasteiger partial charge in [-0.15, -0.1) is 0 Å². The van der Waals surface area contributed by atoms with E-state index in [-0.39, 0.29) is 0 Å². The van der Waals surface area contributed by atoms with Gasteiger partial charge in [0.1, 0.15) is 0 Å². The Morgan fingerprint density at radius 3 is 2.31 bits per heavy atom. The molecule has 0 aliphatic carbocycles. The summed E-state index contributed by atoms with van der Waals surface area (Å²) in [5.74, 6) is -0.105. The third-order valence-electron chi connectivity index (χ3n) is 5.18. The van der Waals surface area contributed by atoms with Crippen molar-refractivity contribution in [1.82, 2.24) is 9.80 Å². The number of likely N-dealkylation sites (tertiary alicyclic amines) is 1. The molecule has 0 aromatic heterocycles. The van der Waals surface area contributed by atoms with Crippen molar-refractivity contribution in [2.24, 2.45) is 5.92 Å². The number of carbonyl (C=O) groups is 1. The largest absolute Gasteiger partial charge is 0.478 e. The Labute approximate surface area is 156 Å². The van der Waals surface area contributed by atoms with Gasteiger partial charge in [0.15, 0.2) is 0 Å². The van der Waals surface area contributed by atoms with Crippen LogP contribution in [0.15, 0.2) is 54.6 Å². The van der Waals surface area contributed by atoms with E-state index in [9.17, 15) is 4.79 Å². The van der Waals surface area contributed by atoms with Gasteiger partial charge in [0.05, 0.1) is 5.56 Å². The van der Waals surface area contributed by atoms with Gasteiger partial charge in [-0.05, 0) is 62.2 Å². The SMILES string of the molecule is CN(Cc1ccccc1)CC1CCN(Cc2ccc(C(=O)O)cc2)CC1. The molecule has 1 heterocycles. The maximum atomic E-state index is 10.9. The van der Waals surface area contributed by atoms with Crippen LogP contribution in [-0.2, 0) is 13.1 Å². The quantitative estimate of drug-likeness (QED) is 0.825. The minimum Gasteiger partial charge on any atom is -0.478 e. The third-order valence-corrected chi connectivity index (χ3v) is 5.18. The lowest BCUT2D eigenvalue weighted by molar-refractivity contribution is 0.0697. The van der Waals surface area contributed by atoms with Crippen LogP contribution in [-0.4, -0.2) is 47.6 Å². The maximum Gasteiger partial charge on any atom is 0.335 e. The van der Waals surface area contributed by atoms with E-state index < -0.39 is 5.97 Å². The minimum absolute atomic E-state index is 0.355. The average molecular weight is 352 g/mol. The second-order valence-corrected chi connectivity index (χ2v) is 7.40. The monoisotopic (exact) mass is 352 g/mol. The Morgan fingerprint density at radius 2 is 1.69 bits per heavy atom.